The summed E-state index contributed by atoms with van der Waals surface area (Å²) in [6, 6.07) is 4.52. The minimum absolute atomic E-state index is 0.0946. The maximum Gasteiger partial charge on any atom is 0.253 e. The van der Waals surface area contributed by atoms with Crippen LogP contribution in [0.4, 0.5) is 0 Å². The highest BCUT2D eigenvalue weighted by Crippen LogP contribution is 2.37. The van der Waals surface area contributed by atoms with Crippen LogP contribution in [-0.4, -0.2) is 55.2 Å². The number of hydrogen-bond acceptors (Lipinski definition) is 5. The first-order chi connectivity index (χ1) is 12.4. The number of carbonyl (C=O) groups excluding carboxylic acids is 1. The average Bonchev–Trinajstić information content (AvgIpc) is 3.23. The molecule has 7 nitrogen and oxygen atoms in total. The van der Waals surface area contributed by atoms with Gasteiger partial charge in [0.25, 0.3) is 5.91 Å². The molecule has 9 heteroatoms. The zero-order chi connectivity index (χ0) is 18.5. The first-order valence-corrected chi connectivity index (χ1v) is 10.3. The number of azo groups is 1. The van der Waals surface area contributed by atoms with Crippen LogP contribution in [0, 0.1) is 6.92 Å². The quantitative estimate of drug-likeness (QED) is 0.789. The normalized spacial score (nSPS) is 25.6. The van der Waals surface area contributed by atoms with Crippen molar-refractivity contribution in [3.05, 3.63) is 40.6 Å². The van der Waals surface area contributed by atoms with Crippen molar-refractivity contribution in [2.45, 2.75) is 36.7 Å². The number of sulfonamides is 1. The van der Waals surface area contributed by atoms with Crippen molar-refractivity contribution in [3.8, 4) is 0 Å². The van der Waals surface area contributed by atoms with E-state index in [2.05, 4.69) is 10.2 Å². The Morgan fingerprint density at radius 2 is 1.92 bits per heavy atom. The zero-order valence-electron chi connectivity index (χ0n) is 14.3. The molecule has 2 saturated heterocycles. The van der Waals surface area contributed by atoms with Gasteiger partial charge in [0.05, 0.1) is 23.2 Å². The van der Waals surface area contributed by atoms with Crippen LogP contribution in [0.2, 0.25) is 5.02 Å². The third kappa shape index (κ3) is 2.76. The number of nitrogens with zero attached hydrogens (tertiary/aromatic N) is 4. The van der Waals surface area contributed by atoms with Gasteiger partial charge in [-0.2, -0.15) is 14.5 Å². The van der Waals surface area contributed by atoms with Gasteiger partial charge in [-0.1, -0.05) is 17.7 Å². The van der Waals surface area contributed by atoms with Crippen molar-refractivity contribution >= 4 is 27.5 Å². The Labute approximate surface area is 157 Å². The Bertz CT molecular complexity index is 914. The van der Waals surface area contributed by atoms with E-state index in [1.54, 1.807) is 34.3 Å². The molecule has 138 valence electrons. The number of benzene rings is 1. The second kappa shape index (κ2) is 6.44. The lowest BCUT2D eigenvalue weighted by Crippen LogP contribution is -2.57. The summed E-state index contributed by atoms with van der Waals surface area (Å²) in [7, 11) is -3.66. The molecule has 1 amide bonds. The molecular formula is C17H19ClN4O3S. The summed E-state index contributed by atoms with van der Waals surface area (Å²) in [6.45, 7) is 2.81. The van der Waals surface area contributed by atoms with Gasteiger partial charge < -0.3 is 4.90 Å². The molecule has 3 aliphatic heterocycles. The molecule has 0 aliphatic carbocycles. The molecule has 2 fully saturated rings. The Kier molecular flexibility index (Phi) is 4.37. The van der Waals surface area contributed by atoms with Crippen molar-refractivity contribution in [2.24, 2.45) is 10.2 Å². The van der Waals surface area contributed by atoms with E-state index in [-0.39, 0.29) is 22.9 Å². The number of rotatable bonds is 3. The van der Waals surface area contributed by atoms with Gasteiger partial charge in [-0.3, -0.25) is 4.79 Å². The number of likely N-dealkylation sites (tertiary alicyclic amines) is 1. The highest BCUT2D eigenvalue weighted by Gasteiger charge is 2.48. The molecule has 0 N–H and O–H groups in total. The topological polar surface area (TPSA) is 82.4 Å². The van der Waals surface area contributed by atoms with E-state index in [1.807, 2.05) is 0 Å². The third-order valence-corrected chi connectivity index (χ3v) is 7.85. The largest absolute Gasteiger partial charge is 0.336 e. The molecule has 0 saturated carbocycles. The lowest BCUT2D eigenvalue weighted by atomic mass is 10.2. The van der Waals surface area contributed by atoms with E-state index < -0.39 is 10.0 Å². The van der Waals surface area contributed by atoms with Crippen LogP contribution in [0.3, 0.4) is 0 Å². The molecular weight excluding hydrogens is 376 g/mol. The first kappa shape index (κ1) is 17.6. The Morgan fingerprint density at radius 1 is 1.23 bits per heavy atom. The molecule has 4 rings (SSSR count). The Hall–Kier alpha value is -1.77. The fourth-order valence-electron chi connectivity index (χ4n) is 4.00. The van der Waals surface area contributed by atoms with E-state index in [0.717, 1.165) is 12.8 Å². The number of piperazine rings is 1. The van der Waals surface area contributed by atoms with E-state index in [4.69, 9.17) is 11.6 Å². The molecule has 0 spiro atoms. The van der Waals surface area contributed by atoms with Crippen LogP contribution in [0.1, 0.15) is 18.4 Å². The van der Waals surface area contributed by atoms with E-state index in [1.165, 1.54) is 6.20 Å². The van der Waals surface area contributed by atoms with Gasteiger partial charge in [-0.05, 0) is 37.5 Å². The number of carbonyl (C=O) groups is 1. The van der Waals surface area contributed by atoms with E-state index in [0.29, 0.717) is 35.8 Å². The van der Waals surface area contributed by atoms with Gasteiger partial charge in [0.1, 0.15) is 0 Å². The SMILES string of the molecule is Cc1c(Cl)cccc1S(=O)(=O)N1C2CCC1CN(C(=O)C1=CN=NC1)C2. The summed E-state index contributed by atoms with van der Waals surface area (Å²) in [5.74, 6) is -0.0946. The standard InChI is InChI=1S/C17H19ClN4O3S/c1-11-15(18)3-2-4-16(11)26(24,25)22-13-5-6-14(22)10-21(9-13)17(23)12-7-19-20-8-12/h2-4,7,13-14H,5-6,8-10H2,1H3. The highest BCUT2D eigenvalue weighted by molar-refractivity contribution is 7.89. The molecule has 3 aliphatic rings. The van der Waals surface area contributed by atoms with Crippen LogP contribution in [0.5, 0.6) is 0 Å². The summed E-state index contributed by atoms with van der Waals surface area (Å²) < 4.78 is 28.1. The van der Waals surface area contributed by atoms with Crippen LogP contribution in [0.15, 0.2) is 45.1 Å². The van der Waals surface area contributed by atoms with Gasteiger partial charge >= 0.3 is 0 Å². The molecule has 2 bridgehead atoms. The average molecular weight is 395 g/mol. The highest BCUT2D eigenvalue weighted by atomic mass is 35.5. The summed E-state index contributed by atoms with van der Waals surface area (Å²) >= 11 is 6.12. The monoisotopic (exact) mass is 394 g/mol. The van der Waals surface area contributed by atoms with Crippen molar-refractivity contribution in [1.82, 2.24) is 9.21 Å². The molecule has 1 aromatic carbocycles. The summed E-state index contributed by atoms with van der Waals surface area (Å²) in [5.41, 5.74) is 1.12. The van der Waals surface area contributed by atoms with Gasteiger partial charge in [0.2, 0.25) is 10.0 Å². The van der Waals surface area contributed by atoms with Crippen LogP contribution >= 0.6 is 11.6 Å². The third-order valence-electron chi connectivity index (χ3n) is 5.29. The molecule has 0 radical (unpaired) electrons. The number of halogens is 1. The second-order valence-corrected chi connectivity index (χ2v) is 9.08. The Balaban J connectivity index is 1.60. The Morgan fingerprint density at radius 3 is 2.54 bits per heavy atom. The molecule has 2 atom stereocenters. The summed E-state index contributed by atoms with van der Waals surface area (Å²) in [5, 5.41) is 7.99. The predicted molar refractivity (Wildman–Crippen MR) is 96.4 cm³/mol. The number of amides is 1. The van der Waals surface area contributed by atoms with Gasteiger partial charge in [-0.15, -0.1) is 0 Å². The number of fused-ring (bicyclic) bond motifs is 2. The van der Waals surface area contributed by atoms with Gasteiger partial charge in [0.15, 0.2) is 0 Å². The van der Waals surface area contributed by atoms with Crippen molar-refractivity contribution in [2.75, 3.05) is 19.6 Å². The number of hydrogen-bond donors (Lipinski definition) is 0. The van der Waals surface area contributed by atoms with Crippen LogP contribution < -0.4 is 0 Å². The smallest absolute Gasteiger partial charge is 0.253 e. The van der Waals surface area contributed by atoms with E-state index >= 15 is 0 Å². The minimum Gasteiger partial charge on any atom is -0.336 e. The molecule has 3 heterocycles. The van der Waals surface area contributed by atoms with Crippen molar-refractivity contribution < 1.29 is 13.2 Å². The van der Waals surface area contributed by atoms with Crippen molar-refractivity contribution in [3.63, 3.8) is 0 Å². The fourth-order valence-corrected chi connectivity index (χ4v) is 6.33. The molecule has 1 aromatic rings. The first-order valence-electron chi connectivity index (χ1n) is 8.53. The van der Waals surface area contributed by atoms with Gasteiger partial charge in [-0.25, -0.2) is 8.42 Å². The van der Waals surface area contributed by atoms with Crippen molar-refractivity contribution in [1.29, 1.82) is 0 Å². The van der Waals surface area contributed by atoms with E-state index in [9.17, 15) is 13.2 Å². The zero-order valence-corrected chi connectivity index (χ0v) is 15.9. The summed E-state index contributed by atoms with van der Waals surface area (Å²) in [6.07, 6.45) is 2.99. The van der Waals surface area contributed by atoms with Crippen LogP contribution in [0.25, 0.3) is 0 Å². The molecule has 2 unspecified atom stereocenters. The molecule has 26 heavy (non-hydrogen) atoms. The van der Waals surface area contributed by atoms with Gasteiger partial charge in [0, 0.05) is 30.2 Å². The maximum absolute atomic E-state index is 13.3. The molecule has 0 aromatic heterocycles. The maximum atomic E-state index is 13.3. The fraction of sp³-hybridized carbons (Fsp3) is 0.471. The predicted octanol–water partition coefficient (Wildman–Crippen LogP) is 2.36. The van der Waals surface area contributed by atoms with Crippen LogP contribution in [-0.2, 0) is 14.8 Å². The second-order valence-electron chi connectivity index (χ2n) is 6.86. The lowest BCUT2D eigenvalue weighted by Gasteiger charge is -2.40. The minimum atomic E-state index is -3.66. The summed E-state index contributed by atoms with van der Waals surface area (Å²) in [4.78, 5) is 14.6. The lowest BCUT2D eigenvalue weighted by molar-refractivity contribution is -0.129.